The molecule has 1 aromatic rings. The van der Waals surface area contributed by atoms with Gasteiger partial charge in [-0.05, 0) is 12.0 Å². The minimum atomic E-state index is -0.945. The molecule has 2 atom stereocenters. The number of hydrogen-bond acceptors (Lipinski definition) is 4. The van der Waals surface area contributed by atoms with Gasteiger partial charge in [0, 0.05) is 6.54 Å². The van der Waals surface area contributed by atoms with E-state index >= 15 is 0 Å². The maximum atomic E-state index is 12.3. The summed E-state index contributed by atoms with van der Waals surface area (Å²) in [5.74, 6) is -1.64. The average molecular weight is 307 g/mol. The van der Waals surface area contributed by atoms with Crippen LogP contribution >= 0.6 is 0 Å². The molecule has 2 unspecified atom stereocenters. The van der Waals surface area contributed by atoms with E-state index in [1.807, 2.05) is 37.3 Å². The van der Waals surface area contributed by atoms with Gasteiger partial charge in [0.15, 0.2) is 0 Å². The Kier molecular flexibility index (Phi) is 5.77. The number of carbonyl (C=O) groups is 2. The molecule has 1 aromatic carbocycles. The molecule has 0 bridgehead atoms. The van der Waals surface area contributed by atoms with Crippen molar-refractivity contribution in [3.8, 4) is 0 Å². The molecule has 1 heterocycles. The Hall–Kier alpha value is -2.08. The summed E-state index contributed by atoms with van der Waals surface area (Å²) in [4.78, 5) is 25.1. The van der Waals surface area contributed by atoms with Crippen molar-refractivity contribution in [2.24, 2.45) is 5.92 Å². The number of rotatable bonds is 6. The first kappa shape index (κ1) is 16.3. The highest BCUT2D eigenvalue weighted by atomic mass is 16.6. The van der Waals surface area contributed by atoms with Crippen LogP contribution in [0.1, 0.15) is 18.9 Å². The van der Waals surface area contributed by atoms with Gasteiger partial charge >= 0.3 is 12.1 Å². The number of carboxylic acids is 1. The molecular weight excluding hydrogens is 286 g/mol. The number of hydrogen-bond donors (Lipinski definition) is 1. The Morgan fingerprint density at radius 2 is 2.05 bits per heavy atom. The quantitative estimate of drug-likeness (QED) is 0.871. The number of carbonyl (C=O) groups excluding carboxylic acids is 1. The second-order valence-electron chi connectivity index (χ2n) is 5.28. The van der Waals surface area contributed by atoms with Crippen LogP contribution in [0.25, 0.3) is 0 Å². The smallest absolute Gasteiger partial charge is 0.410 e. The van der Waals surface area contributed by atoms with Crippen LogP contribution in [0, 0.1) is 5.92 Å². The molecule has 6 heteroatoms. The Bertz CT molecular complexity index is 505. The lowest BCUT2D eigenvalue weighted by atomic mass is 10.0. The largest absolute Gasteiger partial charge is 0.481 e. The molecular formula is C16H21NO5. The van der Waals surface area contributed by atoms with E-state index in [4.69, 9.17) is 9.47 Å². The van der Waals surface area contributed by atoms with Crippen LogP contribution < -0.4 is 0 Å². The molecule has 1 aliphatic rings. The molecule has 0 saturated carbocycles. The first-order valence-corrected chi connectivity index (χ1v) is 7.41. The van der Waals surface area contributed by atoms with E-state index in [1.165, 1.54) is 4.90 Å². The zero-order chi connectivity index (χ0) is 15.9. The molecule has 22 heavy (non-hydrogen) atoms. The van der Waals surface area contributed by atoms with E-state index in [1.54, 1.807) is 0 Å². The number of aliphatic carboxylic acids is 1. The van der Waals surface area contributed by atoms with E-state index in [0.717, 1.165) is 12.0 Å². The third-order valence-corrected chi connectivity index (χ3v) is 3.67. The fourth-order valence-corrected chi connectivity index (χ4v) is 2.52. The zero-order valence-electron chi connectivity index (χ0n) is 12.6. The van der Waals surface area contributed by atoms with Crippen molar-refractivity contribution in [1.82, 2.24) is 4.90 Å². The van der Waals surface area contributed by atoms with Gasteiger partial charge in [-0.2, -0.15) is 0 Å². The summed E-state index contributed by atoms with van der Waals surface area (Å²) in [6.45, 7) is 2.92. The molecule has 1 fully saturated rings. The van der Waals surface area contributed by atoms with E-state index in [9.17, 15) is 14.7 Å². The third kappa shape index (κ3) is 3.98. The van der Waals surface area contributed by atoms with Crippen molar-refractivity contribution in [2.75, 3.05) is 19.8 Å². The average Bonchev–Trinajstić information content (AvgIpc) is 3.00. The lowest BCUT2D eigenvalue weighted by Gasteiger charge is -2.29. The highest BCUT2D eigenvalue weighted by Crippen LogP contribution is 2.21. The zero-order valence-corrected chi connectivity index (χ0v) is 12.6. The van der Waals surface area contributed by atoms with Gasteiger partial charge in [-0.25, -0.2) is 4.79 Å². The van der Waals surface area contributed by atoms with Crippen molar-refractivity contribution in [3.05, 3.63) is 35.9 Å². The molecule has 1 saturated heterocycles. The van der Waals surface area contributed by atoms with Crippen molar-refractivity contribution in [3.63, 3.8) is 0 Å². The van der Waals surface area contributed by atoms with Crippen molar-refractivity contribution in [1.29, 1.82) is 0 Å². The lowest BCUT2D eigenvalue weighted by Crippen LogP contribution is -2.47. The van der Waals surface area contributed by atoms with Gasteiger partial charge in [0.25, 0.3) is 0 Å². The van der Waals surface area contributed by atoms with Crippen LogP contribution in [0.2, 0.25) is 0 Å². The topological polar surface area (TPSA) is 76.1 Å². The fraction of sp³-hybridized carbons (Fsp3) is 0.500. The van der Waals surface area contributed by atoms with Crippen LogP contribution in [-0.2, 0) is 20.9 Å². The molecule has 0 radical (unpaired) electrons. The first-order valence-electron chi connectivity index (χ1n) is 7.41. The van der Waals surface area contributed by atoms with E-state index < -0.39 is 24.0 Å². The monoisotopic (exact) mass is 307 g/mol. The lowest BCUT2D eigenvalue weighted by molar-refractivity contribution is -0.143. The minimum Gasteiger partial charge on any atom is -0.481 e. The van der Waals surface area contributed by atoms with Crippen LogP contribution in [0.4, 0.5) is 4.79 Å². The standard InChI is InChI=1S/C16H21NO5/c1-2-8-17(14-11-21-10-13(14)15(18)19)16(20)22-9-12-6-4-3-5-7-12/h3-7,13-14H,2,8-11H2,1H3,(H,18,19). The Morgan fingerprint density at radius 3 is 2.68 bits per heavy atom. The van der Waals surface area contributed by atoms with Crippen LogP contribution in [0.5, 0.6) is 0 Å². The summed E-state index contributed by atoms with van der Waals surface area (Å²) >= 11 is 0. The van der Waals surface area contributed by atoms with Gasteiger partial charge in [-0.3, -0.25) is 4.79 Å². The van der Waals surface area contributed by atoms with E-state index in [-0.39, 0.29) is 19.8 Å². The molecule has 1 aliphatic heterocycles. The predicted molar refractivity (Wildman–Crippen MR) is 79.4 cm³/mol. The molecule has 2 rings (SSSR count). The molecule has 120 valence electrons. The summed E-state index contributed by atoms with van der Waals surface area (Å²) in [7, 11) is 0. The normalized spacial score (nSPS) is 20.6. The van der Waals surface area contributed by atoms with E-state index in [0.29, 0.717) is 6.54 Å². The Labute approximate surface area is 129 Å². The molecule has 1 N–H and O–H groups in total. The molecule has 0 spiro atoms. The van der Waals surface area contributed by atoms with Crippen LogP contribution in [0.3, 0.4) is 0 Å². The second-order valence-corrected chi connectivity index (χ2v) is 5.28. The number of ether oxygens (including phenoxy) is 2. The fourth-order valence-electron chi connectivity index (χ4n) is 2.52. The van der Waals surface area contributed by atoms with Gasteiger partial charge in [-0.1, -0.05) is 37.3 Å². The number of nitrogens with zero attached hydrogens (tertiary/aromatic N) is 1. The summed E-state index contributed by atoms with van der Waals surface area (Å²) in [5, 5.41) is 9.23. The minimum absolute atomic E-state index is 0.131. The van der Waals surface area contributed by atoms with Crippen molar-refractivity contribution in [2.45, 2.75) is 26.0 Å². The molecule has 6 nitrogen and oxygen atoms in total. The SMILES string of the molecule is CCCN(C(=O)OCc1ccccc1)C1COCC1C(=O)O. The Morgan fingerprint density at radius 1 is 1.32 bits per heavy atom. The molecule has 1 amide bonds. The highest BCUT2D eigenvalue weighted by molar-refractivity contribution is 5.74. The maximum absolute atomic E-state index is 12.3. The summed E-state index contributed by atoms with van der Waals surface area (Å²) in [6.07, 6.45) is 0.232. The summed E-state index contributed by atoms with van der Waals surface area (Å²) in [5.41, 5.74) is 0.893. The second kappa shape index (κ2) is 7.79. The first-order chi connectivity index (χ1) is 10.6. The third-order valence-electron chi connectivity index (χ3n) is 3.67. The van der Waals surface area contributed by atoms with Gasteiger partial charge in [0.2, 0.25) is 0 Å². The Balaban J connectivity index is 2.00. The summed E-state index contributed by atoms with van der Waals surface area (Å²) in [6, 6.07) is 8.91. The number of amides is 1. The maximum Gasteiger partial charge on any atom is 0.410 e. The summed E-state index contributed by atoms with van der Waals surface area (Å²) < 4.78 is 10.6. The van der Waals surface area contributed by atoms with Crippen molar-refractivity contribution >= 4 is 12.1 Å². The number of benzene rings is 1. The molecule has 0 aliphatic carbocycles. The number of carboxylic acid groups (broad SMARTS) is 1. The van der Waals surface area contributed by atoms with Crippen molar-refractivity contribution < 1.29 is 24.2 Å². The van der Waals surface area contributed by atoms with E-state index in [2.05, 4.69) is 0 Å². The molecule has 0 aromatic heterocycles. The van der Waals surface area contributed by atoms with Gasteiger partial charge in [-0.15, -0.1) is 0 Å². The predicted octanol–water partition coefficient (Wildman–Crippen LogP) is 2.13. The highest BCUT2D eigenvalue weighted by Gasteiger charge is 2.40. The van der Waals surface area contributed by atoms with Crippen LogP contribution in [-0.4, -0.2) is 47.9 Å². The van der Waals surface area contributed by atoms with Gasteiger partial charge < -0.3 is 19.5 Å². The van der Waals surface area contributed by atoms with Gasteiger partial charge in [0.05, 0.1) is 19.3 Å². The van der Waals surface area contributed by atoms with Gasteiger partial charge in [0.1, 0.15) is 12.5 Å². The van der Waals surface area contributed by atoms with Crippen LogP contribution in [0.15, 0.2) is 30.3 Å².